The molecule has 2 aromatic heterocycles. The number of alkyl halides is 3. The fraction of sp³-hybridized carbons (Fsp3) is 0.368. The van der Waals surface area contributed by atoms with Gasteiger partial charge in [0.2, 0.25) is 11.6 Å². The molecule has 0 atom stereocenters. The van der Waals surface area contributed by atoms with E-state index >= 15 is 0 Å². The van der Waals surface area contributed by atoms with Crippen molar-refractivity contribution in [3.63, 3.8) is 0 Å². The highest BCUT2D eigenvalue weighted by atomic mass is 35.5. The van der Waals surface area contributed by atoms with E-state index < -0.39 is 18.6 Å². The molecule has 0 saturated heterocycles. The van der Waals surface area contributed by atoms with Crippen LogP contribution < -0.4 is 4.90 Å². The molecule has 0 N–H and O–H groups in total. The smallest absolute Gasteiger partial charge is 0.406 e. The molecule has 0 unspecified atom stereocenters. The zero-order valence-corrected chi connectivity index (χ0v) is 17.4. The molecule has 156 valence electrons. The monoisotopic (exact) mass is 447 g/mol. The number of rotatable bonds is 5. The lowest BCUT2D eigenvalue weighted by Crippen LogP contribution is -2.39. The number of halogens is 5. The van der Waals surface area contributed by atoms with Gasteiger partial charge < -0.3 is 4.42 Å². The van der Waals surface area contributed by atoms with Gasteiger partial charge in [0.15, 0.2) is 0 Å². The summed E-state index contributed by atoms with van der Waals surface area (Å²) in [4.78, 5) is 13.1. The number of benzene rings is 1. The van der Waals surface area contributed by atoms with Gasteiger partial charge in [-0.15, -0.1) is 0 Å². The van der Waals surface area contributed by atoms with Gasteiger partial charge in [0.05, 0.1) is 10.7 Å². The van der Waals surface area contributed by atoms with Crippen LogP contribution in [0.5, 0.6) is 0 Å². The molecule has 1 amide bonds. The molecule has 3 rings (SSSR count). The molecule has 10 heteroatoms. The van der Waals surface area contributed by atoms with Crippen molar-refractivity contribution in [3.05, 3.63) is 39.7 Å². The van der Waals surface area contributed by atoms with Crippen molar-refractivity contribution in [3.8, 4) is 11.3 Å². The first-order valence-corrected chi connectivity index (χ1v) is 9.66. The van der Waals surface area contributed by atoms with E-state index in [1.165, 1.54) is 11.4 Å². The maximum atomic E-state index is 13.2. The number of aryl methyl sites for hydroxylation is 2. The number of anilines is 1. The van der Waals surface area contributed by atoms with Crippen LogP contribution in [-0.2, 0) is 11.2 Å². The van der Waals surface area contributed by atoms with E-state index in [0.29, 0.717) is 44.1 Å². The number of carbonyl (C=O) groups is 1. The van der Waals surface area contributed by atoms with Crippen LogP contribution in [0.2, 0.25) is 10.0 Å². The Balaban J connectivity index is 2.27. The van der Waals surface area contributed by atoms with E-state index in [4.69, 9.17) is 27.6 Å². The first-order chi connectivity index (χ1) is 13.6. The van der Waals surface area contributed by atoms with Crippen molar-refractivity contribution in [1.29, 1.82) is 0 Å². The van der Waals surface area contributed by atoms with Crippen LogP contribution in [0.4, 0.5) is 18.9 Å². The SMILES string of the molecule is CCC(=O)N(CC(F)(F)F)c1c(CC)nn2c(-c3ccc(Cl)cc3Cl)c(C)oc12. The quantitative estimate of drug-likeness (QED) is 0.476. The number of hydrogen-bond acceptors (Lipinski definition) is 3. The minimum Gasteiger partial charge on any atom is -0.439 e. The summed E-state index contributed by atoms with van der Waals surface area (Å²) in [7, 11) is 0. The maximum Gasteiger partial charge on any atom is 0.406 e. The second kappa shape index (κ2) is 7.91. The van der Waals surface area contributed by atoms with Crippen LogP contribution in [0.15, 0.2) is 22.6 Å². The van der Waals surface area contributed by atoms with Crippen LogP contribution in [0, 0.1) is 6.92 Å². The van der Waals surface area contributed by atoms with Gasteiger partial charge in [0.1, 0.15) is 23.7 Å². The lowest BCUT2D eigenvalue weighted by atomic mass is 10.1. The Kier molecular flexibility index (Phi) is 5.87. The highest BCUT2D eigenvalue weighted by Crippen LogP contribution is 2.39. The fourth-order valence-electron chi connectivity index (χ4n) is 3.18. The highest BCUT2D eigenvalue weighted by molar-refractivity contribution is 6.36. The number of amides is 1. The van der Waals surface area contributed by atoms with Crippen molar-refractivity contribution in [1.82, 2.24) is 9.61 Å². The van der Waals surface area contributed by atoms with Crippen molar-refractivity contribution in [2.45, 2.75) is 39.8 Å². The van der Waals surface area contributed by atoms with Gasteiger partial charge in [-0.05, 0) is 31.5 Å². The minimum absolute atomic E-state index is 0.0242. The Morgan fingerprint density at radius 3 is 2.52 bits per heavy atom. The van der Waals surface area contributed by atoms with Gasteiger partial charge in [-0.3, -0.25) is 9.69 Å². The van der Waals surface area contributed by atoms with Crippen LogP contribution in [0.1, 0.15) is 31.7 Å². The Hall–Kier alpha value is -2.19. The molecule has 1 aromatic carbocycles. The summed E-state index contributed by atoms with van der Waals surface area (Å²) in [5, 5.41) is 5.21. The first-order valence-electron chi connectivity index (χ1n) is 8.90. The van der Waals surface area contributed by atoms with Gasteiger partial charge in [0.25, 0.3) is 0 Å². The third kappa shape index (κ3) is 4.09. The normalized spacial score (nSPS) is 12.0. The van der Waals surface area contributed by atoms with Crippen molar-refractivity contribution in [2.24, 2.45) is 0 Å². The number of aromatic nitrogens is 2. The lowest BCUT2D eigenvalue weighted by molar-refractivity contribution is -0.132. The molecule has 5 nitrogen and oxygen atoms in total. The van der Waals surface area contributed by atoms with Crippen molar-refractivity contribution in [2.75, 3.05) is 11.4 Å². The topological polar surface area (TPSA) is 50.8 Å². The number of hydrogen-bond donors (Lipinski definition) is 0. The zero-order valence-electron chi connectivity index (χ0n) is 15.9. The molecule has 0 bridgehead atoms. The highest BCUT2D eigenvalue weighted by Gasteiger charge is 2.37. The summed E-state index contributed by atoms with van der Waals surface area (Å²) >= 11 is 12.3. The Morgan fingerprint density at radius 2 is 1.97 bits per heavy atom. The second-order valence-corrected chi connectivity index (χ2v) is 7.29. The summed E-state index contributed by atoms with van der Waals surface area (Å²) < 4.78 is 46.7. The Labute approximate surface area is 175 Å². The zero-order chi connectivity index (χ0) is 21.5. The lowest BCUT2D eigenvalue weighted by Gasteiger charge is -2.22. The summed E-state index contributed by atoms with van der Waals surface area (Å²) in [6, 6.07) is 4.88. The maximum absolute atomic E-state index is 13.2. The standard InChI is InChI=1S/C19H18Cl2F3N3O2/c1-4-14-17(26(15(28)5-2)9-19(22,23)24)18-27(25-14)16(10(3)29-18)12-7-6-11(20)8-13(12)21/h6-8H,4-5,9H2,1-3H3. The number of oxazole rings is 1. The molecule has 0 fully saturated rings. The second-order valence-electron chi connectivity index (χ2n) is 6.45. The minimum atomic E-state index is -4.58. The molecule has 0 aliphatic carbocycles. The molecule has 0 radical (unpaired) electrons. The molecule has 3 aromatic rings. The van der Waals surface area contributed by atoms with Gasteiger partial charge in [-0.2, -0.15) is 22.8 Å². The number of nitrogens with zero attached hydrogens (tertiary/aromatic N) is 3. The van der Waals surface area contributed by atoms with Crippen LogP contribution in [-0.4, -0.2) is 28.2 Å². The summed E-state index contributed by atoms with van der Waals surface area (Å²) in [5.74, 6) is -0.274. The van der Waals surface area contributed by atoms with Gasteiger partial charge in [-0.1, -0.05) is 37.0 Å². The number of carbonyl (C=O) groups excluding carboxylic acids is 1. The molecular weight excluding hydrogens is 430 g/mol. The molecule has 29 heavy (non-hydrogen) atoms. The third-order valence-corrected chi connectivity index (χ3v) is 4.96. The molecule has 2 heterocycles. The van der Waals surface area contributed by atoms with Crippen LogP contribution in [0.25, 0.3) is 17.0 Å². The van der Waals surface area contributed by atoms with Gasteiger partial charge >= 0.3 is 6.18 Å². The molecule has 0 aliphatic heterocycles. The van der Waals surface area contributed by atoms with Crippen molar-refractivity contribution < 1.29 is 22.4 Å². The number of fused-ring (bicyclic) bond motifs is 1. The Bertz CT molecular complexity index is 1070. The van der Waals surface area contributed by atoms with Gasteiger partial charge in [-0.25, -0.2) is 0 Å². The average Bonchev–Trinajstić information content (AvgIpc) is 3.13. The molecule has 0 spiro atoms. The summed E-state index contributed by atoms with van der Waals surface area (Å²) in [6.07, 6.45) is -4.36. The Morgan fingerprint density at radius 1 is 1.28 bits per heavy atom. The predicted molar refractivity (Wildman–Crippen MR) is 106 cm³/mol. The van der Waals surface area contributed by atoms with Crippen LogP contribution >= 0.6 is 23.2 Å². The molecular formula is C19H18Cl2F3N3O2. The largest absolute Gasteiger partial charge is 0.439 e. The van der Waals surface area contributed by atoms with E-state index in [-0.39, 0.29) is 17.8 Å². The van der Waals surface area contributed by atoms with E-state index in [9.17, 15) is 18.0 Å². The van der Waals surface area contributed by atoms with E-state index in [0.717, 1.165) is 0 Å². The van der Waals surface area contributed by atoms with Crippen molar-refractivity contribution >= 4 is 40.5 Å². The first kappa shape index (κ1) is 21.5. The average molecular weight is 448 g/mol. The molecule has 0 aliphatic rings. The van der Waals surface area contributed by atoms with Gasteiger partial charge in [0, 0.05) is 17.0 Å². The third-order valence-electron chi connectivity index (χ3n) is 4.42. The summed E-state index contributed by atoms with van der Waals surface area (Å²) in [5.41, 5.74) is 1.45. The fourth-order valence-corrected chi connectivity index (χ4v) is 3.68. The van der Waals surface area contributed by atoms with E-state index in [1.54, 1.807) is 32.0 Å². The summed E-state index contributed by atoms with van der Waals surface area (Å²) in [6.45, 7) is 3.48. The molecule has 0 saturated carbocycles. The van der Waals surface area contributed by atoms with E-state index in [2.05, 4.69) is 5.10 Å². The predicted octanol–water partition coefficient (Wildman–Crippen LogP) is 6.08. The van der Waals surface area contributed by atoms with E-state index in [1.807, 2.05) is 0 Å². The van der Waals surface area contributed by atoms with Crippen LogP contribution in [0.3, 0.4) is 0 Å².